The summed E-state index contributed by atoms with van der Waals surface area (Å²) in [6, 6.07) is 5.58. The number of rotatable bonds is 3. The van der Waals surface area contributed by atoms with Crippen LogP contribution >= 0.6 is 0 Å². The van der Waals surface area contributed by atoms with Crippen molar-refractivity contribution >= 4 is 11.9 Å². The SMILES string of the molecule is CC(CC(=O)O)c1ccc2c(c1)C(=O)NC2. The minimum atomic E-state index is -0.822. The van der Waals surface area contributed by atoms with Gasteiger partial charge >= 0.3 is 5.97 Å². The first-order valence-electron chi connectivity index (χ1n) is 5.20. The van der Waals surface area contributed by atoms with Crippen LogP contribution in [0, 0.1) is 0 Å². The Bertz CT molecular complexity index is 454. The summed E-state index contributed by atoms with van der Waals surface area (Å²) in [7, 11) is 0. The van der Waals surface area contributed by atoms with Crippen molar-refractivity contribution in [1.82, 2.24) is 5.32 Å². The molecule has 0 saturated carbocycles. The number of nitrogens with one attached hydrogen (secondary N) is 1. The van der Waals surface area contributed by atoms with E-state index in [1.807, 2.05) is 19.1 Å². The third-order valence-electron chi connectivity index (χ3n) is 2.87. The van der Waals surface area contributed by atoms with Gasteiger partial charge in [-0.3, -0.25) is 9.59 Å². The number of hydrogen-bond donors (Lipinski definition) is 2. The highest BCUT2D eigenvalue weighted by Crippen LogP contribution is 2.24. The van der Waals surface area contributed by atoms with Crippen LogP contribution in [0.2, 0.25) is 0 Å². The molecule has 84 valence electrons. The van der Waals surface area contributed by atoms with Crippen LogP contribution < -0.4 is 5.32 Å². The summed E-state index contributed by atoms with van der Waals surface area (Å²) < 4.78 is 0. The van der Waals surface area contributed by atoms with Crippen molar-refractivity contribution in [3.8, 4) is 0 Å². The molecule has 1 aliphatic rings. The predicted octanol–water partition coefficient (Wildman–Crippen LogP) is 1.51. The van der Waals surface area contributed by atoms with E-state index in [1.54, 1.807) is 6.07 Å². The molecule has 0 fully saturated rings. The summed E-state index contributed by atoms with van der Waals surface area (Å²) in [4.78, 5) is 22.0. The summed E-state index contributed by atoms with van der Waals surface area (Å²) in [5, 5.41) is 11.4. The number of carboxylic acid groups (broad SMARTS) is 1. The fourth-order valence-corrected chi connectivity index (χ4v) is 1.92. The van der Waals surface area contributed by atoms with E-state index in [1.165, 1.54) is 0 Å². The molecule has 0 saturated heterocycles. The lowest BCUT2D eigenvalue weighted by molar-refractivity contribution is -0.137. The lowest BCUT2D eigenvalue weighted by Gasteiger charge is -2.09. The van der Waals surface area contributed by atoms with Gasteiger partial charge in [0.1, 0.15) is 0 Å². The smallest absolute Gasteiger partial charge is 0.303 e. The second-order valence-corrected chi connectivity index (χ2v) is 4.10. The third kappa shape index (κ3) is 1.91. The number of benzene rings is 1. The standard InChI is InChI=1S/C12H13NO3/c1-7(4-11(14)15)8-2-3-9-6-13-12(16)10(9)5-8/h2-3,5,7H,4,6H2,1H3,(H,13,16)(H,14,15). The van der Waals surface area contributed by atoms with Gasteiger partial charge in [0.25, 0.3) is 5.91 Å². The molecule has 0 radical (unpaired) electrons. The Morgan fingerprint density at radius 3 is 3.00 bits per heavy atom. The van der Waals surface area contributed by atoms with Gasteiger partial charge in [-0.15, -0.1) is 0 Å². The minimum absolute atomic E-state index is 0.0700. The zero-order valence-electron chi connectivity index (χ0n) is 8.99. The largest absolute Gasteiger partial charge is 0.481 e. The molecule has 1 aromatic carbocycles. The summed E-state index contributed by atoms with van der Waals surface area (Å²) >= 11 is 0. The van der Waals surface area contributed by atoms with Gasteiger partial charge in [0.2, 0.25) is 0 Å². The highest BCUT2D eigenvalue weighted by atomic mass is 16.4. The second kappa shape index (κ2) is 3.96. The van der Waals surface area contributed by atoms with E-state index in [2.05, 4.69) is 5.32 Å². The topological polar surface area (TPSA) is 66.4 Å². The van der Waals surface area contributed by atoms with Crippen molar-refractivity contribution in [1.29, 1.82) is 0 Å². The quantitative estimate of drug-likeness (QED) is 0.809. The van der Waals surface area contributed by atoms with Crippen molar-refractivity contribution in [3.05, 3.63) is 34.9 Å². The van der Waals surface area contributed by atoms with E-state index in [0.29, 0.717) is 12.1 Å². The normalized spacial score (nSPS) is 15.4. The number of fused-ring (bicyclic) bond motifs is 1. The molecule has 4 heteroatoms. The molecular formula is C12H13NO3. The molecule has 0 aliphatic carbocycles. The van der Waals surface area contributed by atoms with Crippen LogP contribution in [0.1, 0.15) is 40.7 Å². The number of amides is 1. The first-order valence-corrected chi connectivity index (χ1v) is 5.20. The second-order valence-electron chi connectivity index (χ2n) is 4.10. The maximum atomic E-state index is 11.4. The Morgan fingerprint density at radius 2 is 2.31 bits per heavy atom. The molecular weight excluding hydrogens is 206 g/mol. The Kier molecular flexibility index (Phi) is 2.64. The Hall–Kier alpha value is -1.84. The number of hydrogen-bond acceptors (Lipinski definition) is 2. The van der Waals surface area contributed by atoms with Crippen molar-refractivity contribution in [3.63, 3.8) is 0 Å². The van der Waals surface area contributed by atoms with Crippen molar-refractivity contribution in [2.45, 2.75) is 25.8 Å². The molecule has 1 unspecified atom stereocenters. The minimum Gasteiger partial charge on any atom is -0.481 e. The molecule has 0 bridgehead atoms. The first-order chi connectivity index (χ1) is 7.58. The van der Waals surface area contributed by atoms with E-state index in [4.69, 9.17) is 5.11 Å². The van der Waals surface area contributed by atoms with E-state index >= 15 is 0 Å². The van der Waals surface area contributed by atoms with Crippen LogP contribution in [-0.4, -0.2) is 17.0 Å². The van der Waals surface area contributed by atoms with Gasteiger partial charge in [0.15, 0.2) is 0 Å². The Balaban J connectivity index is 2.27. The molecule has 4 nitrogen and oxygen atoms in total. The number of carboxylic acids is 1. The average molecular weight is 219 g/mol. The maximum absolute atomic E-state index is 11.4. The van der Waals surface area contributed by atoms with Crippen LogP contribution in [0.4, 0.5) is 0 Å². The zero-order valence-corrected chi connectivity index (χ0v) is 8.99. The van der Waals surface area contributed by atoms with Crippen molar-refractivity contribution in [2.24, 2.45) is 0 Å². The van der Waals surface area contributed by atoms with Crippen LogP contribution in [0.25, 0.3) is 0 Å². The number of carbonyl (C=O) groups is 2. The third-order valence-corrected chi connectivity index (χ3v) is 2.87. The number of carbonyl (C=O) groups excluding carboxylic acids is 1. The highest BCUT2D eigenvalue weighted by Gasteiger charge is 2.20. The molecule has 1 aromatic rings. The van der Waals surface area contributed by atoms with Gasteiger partial charge < -0.3 is 10.4 Å². The van der Waals surface area contributed by atoms with Crippen molar-refractivity contribution < 1.29 is 14.7 Å². The van der Waals surface area contributed by atoms with Gasteiger partial charge in [-0.05, 0) is 23.1 Å². The molecule has 1 heterocycles. The zero-order chi connectivity index (χ0) is 11.7. The molecule has 2 N–H and O–H groups in total. The molecule has 2 rings (SSSR count). The average Bonchev–Trinajstić information content (AvgIpc) is 2.59. The van der Waals surface area contributed by atoms with E-state index in [9.17, 15) is 9.59 Å². The van der Waals surface area contributed by atoms with E-state index in [0.717, 1.165) is 11.1 Å². The van der Waals surface area contributed by atoms with Crippen LogP contribution in [0.15, 0.2) is 18.2 Å². The summed E-state index contributed by atoms with van der Waals surface area (Å²) in [6.07, 6.45) is 0.0837. The van der Waals surface area contributed by atoms with Gasteiger partial charge in [0.05, 0.1) is 6.42 Å². The molecule has 1 amide bonds. The molecule has 0 spiro atoms. The van der Waals surface area contributed by atoms with Gasteiger partial charge in [0, 0.05) is 12.1 Å². The fraction of sp³-hybridized carbons (Fsp3) is 0.333. The fourth-order valence-electron chi connectivity index (χ4n) is 1.92. The van der Waals surface area contributed by atoms with Crippen LogP contribution in [0.5, 0.6) is 0 Å². The maximum Gasteiger partial charge on any atom is 0.303 e. The summed E-state index contributed by atoms with van der Waals surface area (Å²) in [5.41, 5.74) is 2.56. The Labute approximate surface area is 93.3 Å². The lowest BCUT2D eigenvalue weighted by Crippen LogP contribution is -2.12. The lowest BCUT2D eigenvalue weighted by atomic mass is 9.94. The predicted molar refractivity (Wildman–Crippen MR) is 58.3 cm³/mol. The van der Waals surface area contributed by atoms with E-state index < -0.39 is 5.97 Å². The Morgan fingerprint density at radius 1 is 1.56 bits per heavy atom. The molecule has 16 heavy (non-hydrogen) atoms. The van der Waals surface area contributed by atoms with Gasteiger partial charge in [-0.1, -0.05) is 19.1 Å². The molecule has 0 aromatic heterocycles. The summed E-state index contributed by atoms with van der Waals surface area (Å²) in [5.74, 6) is -0.965. The highest BCUT2D eigenvalue weighted by molar-refractivity contribution is 5.98. The number of aliphatic carboxylic acids is 1. The van der Waals surface area contributed by atoms with Crippen molar-refractivity contribution in [2.75, 3.05) is 0 Å². The first kappa shape index (κ1) is 10.7. The van der Waals surface area contributed by atoms with E-state index in [-0.39, 0.29) is 18.2 Å². The monoisotopic (exact) mass is 219 g/mol. The van der Waals surface area contributed by atoms with Crippen LogP contribution in [0.3, 0.4) is 0 Å². The van der Waals surface area contributed by atoms with Gasteiger partial charge in [-0.2, -0.15) is 0 Å². The summed E-state index contributed by atoms with van der Waals surface area (Å²) in [6.45, 7) is 2.42. The molecule has 1 aliphatic heterocycles. The van der Waals surface area contributed by atoms with Crippen LogP contribution in [-0.2, 0) is 11.3 Å². The molecule has 1 atom stereocenters. The van der Waals surface area contributed by atoms with Gasteiger partial charge in [-0.25, -0.2) is 0 Å².